The van der Waals surface area contributed by atoms with E-state index < -0.39 is 10.9 Å². The molecule has 16 nitrogen and oxygen atoms in total. The Hall–Kier alpha value is -3.76. The summed E-state index contributed by atoms with van der Waals surface area (Å²) in [6, 6.07) is 29.2. The number of H-pyrrole nitrogens is 4. The Morgan fingerprint density at radius 2 is 0.597 bits per heavy atom. The van der Waals surface area contributed by atoms with Crippen molar-refractivity contribution in [3.8, 4) is 11.5 Å². The second-order valence-corrected chi connectivity index (χ2v) is 25.3. The predicted octanol–water partition coefficient (Wildman–Crippen LogP) is 3.24. The van der Waals surface area contributed by atoms with E-state index in [-0.39, 0.29) is 0 Å². The van der Waals surface area contributed by atoms with Gasteiger partial charge in [0.1, 0.15) is 11.5 Å². The SMILES string of the molecule is COc1ccc(P([O-])(=S)[S-])cc1.COc1ccc(P([O-])(=S)[S-])cc1.c1c[nH+]cc(COCCOCCOCCOCc2ccc[nH+]c2)c1.c1c[nH+]cc(COCCOCCOCCOCc2ccc[nH+]c2)c1. The normalized spacial score (nSPS) is 12.3. The van der Waals surface area contributed by atoms with Crippen LogP contribution in [-0.2, 0) is 112 Å². The number of benzene rings is 2. The number of ether oxygens (including phenoxy) is 10. The smallest absolute Gasteiger partial charge is 0.172 e. The van der Waals surface area contributed by atoms with Crippen molar-refractivity contribution in [1.29, 1.82) is 0 Å². The number of hydrogen-bond donors (Lipinski definition) is 0. The molecule has 0 aliphatic carbocycles. The molecule has 2 unspecified atom stereocenters. The van der Waals surface area contributed by atoms with Gasteiger partial charge in [0, 0.05) is 46.5 Å². The first kappa shape index (κ1) is 62.5. The van der Waals surface area contributed by atoms with Crippen LogP contribution >= 0.6 is 10.9 Å². The van der Waals surface area contributed by atoms with Gasteiger partial charge < -0.3 is 81.7 Å². The lowest BCUT2D eigenvalue weighted by Gasteiger charge is -2.36. The first-order valence-corrected chi connectivity index (χ1v) is 30.2. The maximum Gasteiger partial charge on any atom is 0.172 e. The van der Waals surface area contributed by atoms with Gasteiger partial charge in [-0.1, -0.05) is 34.9 Å². The minimum atomic E-state index is -2.94. The summed E-state index contributed by atoms with van der Waals surface area (Å²) in [5.74, 6) is 1.41. The molecule has 72 heavy (non-hydrogen) atoms. The number of aromatic amines is 4. The molecule has 0 saturated carbocycles. The molecule has 2 aromatic carbocycles. The summed E-state index contributed by atoms with van der Waals surface area (Å²) in [7, 11) is 3.13. The molecule has 392 valence electrons. The fourth-order valence-electron chi connectivity index (χ4n) is 5.49. The number of aromatic nitrogens is 4. The Balaban J connectivity index is 0.000000267. The van der Waals surface area contributed by atoms with Crippen LogP contribution < -0.4 is 49.8 Å². The quantitative estimate of drug-likeness (QED) is 0.0362. The largest absolute Gasteiger partial charge is 0.835 e. The standard InChI is InChI=1S/2C18H24N2O4.2C7H9O2PS2/c2*1-3-17(13-19-5-1)15-23-11-9-21-7-8-22-10-12-24-16-18-4-2-6-20-14-18;2*1-9-6-2-4-7(5-3-6)10(8,11)12/h2*1-6,13-14H,7-12,15-16H2;2*2-5H,1H3,(H2,8,11,12). The van der Waals surface area contributed by atoms with E-state index in [0.717, 1.165) is 22.3 Å². The van der Waals surface area contributed by atoms with Crippen LogP contribution in [0.5, 0.6) is 11.5 Å². The Morgan fingerprint density at radius 1 is 0.375 bits per heavy atom. The molecular formula is C50H66N4O12P2S4. The van der Waals surface area contributed by atoms with Crippen molar-refractivity contribution in [3.63, 3.8) is 0 Å². The first-order chi connectivity index (χ1) is 35.0. The molecule has 2 atom stereocenters. The molecule has 0 radical (unpaired) electrons. The zero-order valence-electron chi connectivity index (χ0n) is 40.6. The number of pyridine rings is 4. The maximum atomic E-state index is 11.2. The Labute approximate surface area is 444 Å². The van der Waals surface area contributed by atoms with Gasteiger partial charge in [-0.2, -0.15) is 0 Å². The molecule has 4 aromatic heterocycles. The molecular weight excluding hydrogens is 1040 g/mol. The van der Waals surface area contributed by atoms with Crippen molar-refractivity contribution in [2.75, 3.05) is 93.5 Å². The third-order valence-corrected chi connectivity index (χ3v) is 13.6. The molecule has 0 spiro atoms. The van der Waals surface area contributed by atoms with E-state index >= 15 is 0 Å². The summed E-state index contributed by atoms with van der Waals surface area (Å²) in [5, 5.41) is 1.04. The molecule has 0 aliphatic heterocycles. The van der Waals surface area contributed by atoms with Gasteiger partial charge in [0.05, 0.1) is 120 Å². The zero-order chi connectivity index (χ0) is 51.8. The summed E-state index contributed by atoms with van der Waals surface area (Å²) in [6.45, 7) is 9.21. The van der Waals surface area contributed by atoms with Gasteiger partial charge in [0.25, 0.3) is 0 Å². The number of rotatable bonds is 30. The Morgan fingerprint density at radius 3 is 0.778 bits per heavy atom. The summed E-state index contributed by atoms with van der Waals surface area (Å²) < 4.78 is 53.7. The number of methoxy groups -OCH3 is 2. The van der Waals surface area contributed by atoms with E-state index in [0.29, 0.717) is 128 Å². The van der Waals surface area contributed by atoms with Gasteiger partial charge in [-0.3, -0.25) is 0 Å². The number of hydrogen-bond acceptors (Lipinski definition) is 16. The molecule has 0 aliphatic rings. The maximum absolute atomic E-state index is 11.2. The van der Waals surface area contributed by atoms with Gasteiger partial charge in [-0.25, -0.2) is 30.9 Å². The van der Waals surface area contributed by atoms with Crippen molar-refractivity contribution < 1.29 is 77.1 Å². The Kier molecular flexibility index (Phi) is 34.5. The molecule has 0 amide bonds. The molecule has 6 rings (SSSR count). The van der Waals surface area contributed by atoms with Gasteiger partial charge in [0.15, 0.2) is 49.6 Å². The van der Waals surface area contributed by atoms with Crippen molar-refractivity contribution in [3.05, 3.63) is 169 Å². The lowest BCUT2D eigenvalue weighted by Crippen LogP contribution is -2.12. The fourth-order valence-corrected chi connectivity index (χ4v) is 7.98. The summed E-state index contributed by atoms with van der Waals surface area (Å²) >= 11 is 18.6. The lowest BCUT2D eigenvalue weighted by molar-refractivity contribution is -0.379. The van der Waals surface area contributed by atoms with Crippen molar-refractivity contribution in [1.82, 2.24) is 0 Å². The highest BCUT2D eigenvalue weighted by Gasteiger charge is 2.00. The van der Waals surface area contributed by atoms with Crippen LogP contribution in [0.3, 0.4) is 0 Å². The minimum absolute atomic E-state index is 0.522. The average Bonchev–Trinajstić information content (AvgIpc) is 3.40. The van der Waals surface area contributed by atoms with Crippen LogP contribution in [0, 0.1) is 0 Å². The van der Waals surface area contributed by atoms with E-state index in [1.807, 2.05) is 98.1 Å². The molecule has 0 bridgehead atoms. The zero-order valence-corrected chi connectivity index (χ0v) is 45.7. The third kappa shape index (κ3) is 31.7. The predicted molar refractivity (Wildman–Crippen MR) is 282 cm³/mol. The molecule has 6 aromatic rings. The van der Waals surface area contributed by atoms with Gasteiger partial charge in [-0.15, -0.1) is 23.6 Å². The highest BCUT2D eigenvalue weighted by molar-refractivity contribution is 8.55. The van der Waals surface area contributed by atoms with Gasteiger partial charge >= 0.3 is 0 Å². The van der Waals surface area contributed by atoms with E-state index in [1.165, 1.54) is 0 Å². The van der Waals surface area contributed by atoms with Gasteiger partial charge in [0.2, 0.25) is 0 Å². The van der Waals surface area contributed by atoms with Crippen molar-refractivity contribution in [2.24, 2.45) is 0 Å². The summed E-state index contributed by atoms with van der Waals surface area (Å²) in [5.41, 5.74) is -1.40. The molecule has 4 N–H and O–H groups in total. The van der Waals surface area contributed by atoms with Crippen molar-refractivity contribution >= 4 is 69.7 Å². The van der Waals surface area contributed by atoms with Crippen molar-refractivity contribution in [2.45, 2.75) is 26.4 Å². The van der Waals surface area contributed by atoms with E-state index in [9.17, 15) is 9.79 Å². The van der Waals surface area contributed by atoms with Gasteiger partial charge in [-0.05, 0) is 48.5 Å². The van der Waals surface area contributed by atoms with Crippen LogP contribution in [-0.4, -0.2) is 93.5 Å². The van der Waals surface area contributed by atoms with E-state index in [4.69, 9.17) is 47.4 Å². The molecule has 0 fully saturated rings. The highest BCUT2D eigenvalue weighted by atomic mass is 32.9. The topological polar surface area (TPSA) is 195 Å². The summed E-state index contributed by atoms with van der Waals surface area (Å²) in [6.07, 6.45) is 15.2. The second-order valence-electron chi connectivity index (χ2n) is 14.7. The monoisotopic (exact) mass is 1100 g/mol. The number of nitrogens with one attached hydrogen (secondary N) is 4. The molecule has 22 heteroatoms. The minimum Gasteiger partial charge on any atom is -0.835 e. The van der Waals surface area contributed by atoms with Crippen LogP contribution in [0.25, 0.3) is 0 Å². The first-order valence-electron chi connectivity index (χ1n) is 22.7. The van der Waals surface area contributed by atoms with Crippen LogP contribution in [0.2, 0.25) is 0 Å². The van der Waals surface area contributed by atoms with Crippen LogP contribution in [0.15, 0.2) is 147 Å². The van der Waals surface area contributed by atoms with Crippen LogP contribution in [0.1, 0.15) is 22.3 Å². The van der Waals surface area contributed by atoms with Crippen LogP contribution in [0.4, 0.5) is 0 Å². The van der Waals surface area contributed by atoms with E-state index in [1.54, 1.807) is 62.8 Å². The second kappa shape index (κ2) is 39.7. The third-order valence-electron chi connectivity index (χ3n) is 9.17. The Bertz CT molecular complexity index is 2050. The fraction of sp³-hybridized carbons (Fsp3) is 0.360. The average molecular weight is 1110 g/mol. The summed E-state index contributed by atoms with van der Waals surface area (Å²) in [4.78, 5) is 34.5. The molecule has 4 heterocycles. The molecule has 0 saturated heterocycles. The van der Waals surface area contributed by atoms with E-state index in [2.05, 4.69) is 68.0 Å². The highest BCUT2D eigenvalue weighted by Crippen LogP contribution is 2.32. The lowest BCUT2D eigenvalue weighted by atomic mass is 10.3.